The summed E-state index contributed by atoms with van der Waals surface area (Å²) in [6.45, 7) is 2.13. The number of hydrogen-bond acceptors (Lipinski definition) is 3. The van der Waals surface area contributed by atoms with Crippen molar-refractivity contribution in [1.82, 2.24) is 5.32 Å². The highest BCUT2D eigenvalue weighted by Gasteiger charge is 2.41. The van der Waals surface area contributed by atoms with Crippen LogP contribution in [0.4, 0.5) is 0 Å². The Labute approximate surface area is 104 Å². The molecule has 0 spiro atoms. The molecule has 1 saturated carbocycles. The zero-order valence-electron chi connectivity index (χ0n) is 11.0. The molecule has 3 heteroatoms. The van der Waals surface area contributed by atoms with Gasteiger partial charge in [-0.2, -0.15) is 0 Å². The maximum Gasteiger partial charge on any atom is 0.306 e. The van der Waals surface area contributed by atoms with E-state index in [0.717, 1.165) is 31.8 Å². The third-order valence-electron chi connectivity index (χ3n) is 4.79. The summed E-state index contributed by atoms with van der Waals surface area (Å²) >= 11 is 0. The molecule has 1 heterocycles. The fourth-order valence-corrected chi connectivity index (χ4v) is 3.73. The summed E-state index contributed by atoms with van der Waals surface area (Å²) < 4.78 is 4.91. The zero-order chi connectivity index (χ0) is 12.1. The maximum absolute atomic E-state index is 11.7. The van der Waals surface area contributed by atoms with Crippen LogP contribution in [0.2, 0.25) is 0 Å². The van der Waals surface area contributed by atoms with Gasteiger partial charge in [-0.15, -0.1) is 0 Å². The molecular weight excluding hydrogens is 214 g/mol. The normalized spacial score (nSPS) is 25.5. The Kier molecular flexibility index (Phi) is 4.43. The molecular formula is C14H25NO2. The lowest BCUT2D eigenvalue weighted by molar-refractivity contribution is -0.145. The van der Waals surface area contributed by atoms with Crippen LogP contribution >= 0.6 is 0 Å². The minimum Gasteiger partial charge on any atom is -0.469 e. The zero-order valence-corrected chi connectivity index (χ0v) is 11.0. The maximum atomic E-state index is 11.7. The van der Waals surface area contributed by atoms with Crippen molar-refractivity contribution in [3.63, 3.8) is 0 Å². The Hall–Kier alpha value is -0.570. The van der Waals surface area contributed by atoms with Crippen LogP contribution in [0.1, 0.15) is 51.4 Å². The van der Waals surface area contributed by atoms with Crippen LogP contribution in [0.5, 0.6) is 0 Å². The first kappa shape index (κ1) is 12.9. The van der Waals surface area contributed by atoms with E-state index in [4.69, 9.17) is 4.74 Å². The summed E-state index contributed by atoms with van der Waals surface area (Å²) in [6, 6.07) is 0. The van der Waals surface area contributed by atoms with Crippen molar-refractivity contribution in [3.8, 4) is 0 Å². The molecule has 1 N–H and O–H groups in total. The van der Waals surface area contributed by atoms with Crippen molar-refractivity contribution in [1.29, 1.82) is 0 Å². The van der Waals surface area contributed by atoms with Crippen LogP contribution in [0.25, 0.3) is 0 Å². The van der Waals surface area contributed by atoms with Gasteiger partial charge >= 0.3 is 5.97 Å². The molecule has 0 unspecified atom stereocenters. The number of piperidine rings is 1. The van der Waals surface area contributed by atoms with Gasteiger partial charge in [0.15, 0.2) is 0 Å². The lowest BCUT2D eigenvalue weighted by atomic mass is 9.62. The molecule has 1 aliphatic carbocycles. The Bertz CT molecular complexity index is 253. The fourth-order valence-electron chi connectivity index (χ4n) is 3.73. The van der Waals surface area contributed by atoms with E-state index >= 15 is 0 Å². The summed E-state index contributed by atoms with van der Waals surface area (Å²) in [7, 11) is 1.51. The second-order valence-corrected chi connectivity index (χ2v) is 5.70. The molecule has 1 aliphatic heterocycles. The molecule has 0 bridgehead atoms. The lowest BCUT2D eigenvalue weighted by Gasteiger charge is -2.45. The average Bonchev–Trinajstić information content (AvgIpc) is 2.40. The second-order valence-electron chi connectivity index (χ2n) is 5.70. The highest BCUT2D eigenvalue weighted by Crippen LogP contribution is 2.47. The van der Waals surface area contributed by atoms with E-state index < -0.39 is 0 Å². The van der Waals surface area contributed by atoms with Crippen molar-refractivity contribution in [2.45, 2.75) is 51.4 Å². The molecule has 98 valence electrons. The molecule has 0 amide bonds. The number of carbonyl (C=O) groups is 1. The summed E-state index contributed by atoms with van der Waals surface area (Å²) in [5.41, 5.74) is 0.235. The van der Waals surface area contributed by atoms with Crippen molar-refractivity contribution >= 4 is 5.97 Å². The van der Waals surface area contributed by atoms with Gasteiger partial charge in [0.1, 0.15) is 0 Å². The number of methoxy groups -OCH3 is 1. The smallest absolute Gasteiger partial charge is 0.306 e. The van der Waals surface area contributed by atoms with Gasteiger partial charge in [0.2, 0.25) is 0 Å². The highest BCUT2D eigenvalue weighted by atomic mass is 16.5. The van der Waals surface area contributed by atoms with E-state index in [1.54, 1.807) is 0 Å². The number of ether oxygens (including phenoxy) is 1. The number of hydrogen-bond donors (Lipinski definition) is 1. The first-order valence-corrected chi connectivity index (χ1v) is 7.04. The van der Waals surface area contributed by atoms with Crippen LogP contribution in [-0.4, -0.2) is 26.2 Å². The van der Waals surface area contributed by atoms with Crippen LogP contribution in [0.15, 0.2) is 0 Å². The first-order valence-electron chi connectivity index (χ1n) is 7.04. The monoisotopic (exact) mass is 239 g/mol. The van der Waals surface area contributed by atoms with E-state index in [9.17, 15) is 4.79 Å². The number of carbonyl (C=O) groups excluding carboxylic acids is 1. The summed E-state index contributed by atoms with van der Waals surface area (Å²) in [5, 5.41) is 3.42. The van der Waals surface area contributed by atoms with E-state index in [1.165, 1.54) is 39.2 Å². The third kappa shape index (κ3) is 3.01. The van der Waals surface area contributed by atoms with E-state index in [-0.39, 0.29) is 11.4 Å². The highest BCUT2D eigenvalue weighted by molar-refractivity contribution is 5.70. The molecule has 1 saturated heterocycles. The first-order chi connectivity index (χ1) is 8.27. The second kappa shape index (κ2) is 5.85. The minimum absolute atomic E-state index is 0.0162. The standard InChI is InChI=1S/C14H25NO2/c1-17-13(16)11-14(7-9-15-10-8-14)12-5-3-2-4-6-12/h12,15H,2-11H2,1H3. The predicted octanol–water partition coefficient (Wildman–Crippen LogP) is 2.50. The van der Waals surface area contributed by atoms with Gasteiger partial charge in [0, 0.05) is 0 Å². The van der Waals surface area contributed by atoms with Gasteiger partial charge in [-0.05, 0) is 50.1 Å². The molecule has 3 nitrogen and oxygen atoms in total. The van der Waals surface area contributed by atoms with Gasteiger partial charge < -0.3 is 10.1 Å². The van der Waals surface area contributed by atoms with Gasteiger partial charge in [-0.1, -0.05) is 19.3 Å². The Morgan fingerprint density at radius 1 is 1.24 bits per heavy atom. The van der Waals surface area contributed by atoms with Crippen LogP contribution < -0.4 is 5.32 Å². The summed E-state index contributed by atoms with van der Waals surface area (Å²) in [4.78, 5) is 11.7. The summed E-state index contributed by atoms with van der Waals surface area (Å²) in [6.07, 6.45) is 9.63. The largest absolute Gasteiger partial charge is 0.469 e. The number of esters is 1. The Morgan fingerprint density at radius 2 is 1.88 bits per heavy atom. The number of nitrogens with one attached hydrogen (secondary N) is 1. The van der Waals surface area contributed by atoms with Gasteiger partial charge in [-0.3, -0.25) is 4.79 Å². The van der Waals surface area contributed by atoms with E-state index in [1.807, 2.05) is 0 Å². The molecule has 0 aromatic carbocycles. The van der Waals surface area contributed by atoms with Crippen molar-refractivity contribution in [3.05, 3.63) is 0 Å². The predicted molar refractivity (Wildman–Crippen MR) is 67.7 cm³/mol. The summed E-state index contributed by atoms with van der Waals surface area (Å²) in [5.74, 6) is 0.731. The van der Waals surface area contributed by atoms with Crippen LogP contribution in [0, 0.1) is 11.3 Å². The number of rotatable bonds is 3. The fraction of sp³-hybridized carbons (Fsp3) is 0.929. The van der Waals surface area contributed by atoms with Crippen molar-refractivity contribution < 1.29 is 9.53 Å². The van der Waals surface area contributed by atoms with Crippen molar-refractivity contribution in [2.24, 2.45) is 11.3 Å². The molecule has 0 aromatic heterocycles. The SMILES string of the molecule is COC(=O)CC1(C2CCCCC2)CCNCC1. The van der Waals surface area contributed by atoms with Crippen LogP contribution in [-0.2, 0) is 9.53 Å². The lowest BCUT2D eigenvalue weighted by Crippen LogP contribution is -2.43. The third-order valence-corrected chi connectivity index (χ3v) is 4.79. The molecule has 2 aliphatic rings. The average molecular weight is 239 g/mol. The Balaban J connectivity index is 2.07. The molecule has 2 fully saturated rings. The van der Waals surface area contributed by atoms with Gasteiger partial charge in [0.25, 0.3) is 0 Å². The van der Waals surface area contributed by atoms with Gasteiger partial charge in [-0.25, -0.2) is 0 Å². The van der Waals surface area contributed by atoms with Crippen molar-refractivity contribution in [2.75, 3.05) is 20.2 Å². The topological polar surface area (TPSA) is 38.3 Å². The molecule has 2 rings (SSSR count). The van der Waals surface area contributed by atoms with Crippen LogP contribution in [0.3, 0.4) is 0 Å². The minimum atomic E-state index is -0.0162. The molecule has 0 atom stereocenters. The quantitative estimate of drug-likeness (QED) is 0.769. The molecule has 0 radical (unpaired) electrons. The van der Waals surface area contributed by atoms with E-state index in [0.29, 0.717) is 6.42 Å². The molecule has 17 heavy (non-hydrogen) atoms. The van der Waals surface area contributed by atoms with Gasteiger partial charge in [0.05, 0.1) is 13.5 Å². The molecule has 0 aromatic rings. The Morgan fingerprint density at radius 3 is 2.47 bits per heavy atom. The van der Waals surface area contributed by atoms with E-state index in [2.05, 4.69) is 5.32 Å².